The maximum Gasteiger partial charge on any atom is 0.296 e. The Morgan fingerprint density at radius 2 is 2.47 bits per heavy atom. The zero-order valence-corrected chi connectivity index (χ0v) is 10.7. The van der Waals surface area contributed by atoms with Crippen LogP contribution in [0.4, 0.5) is 11.4 Å². The van der Waals surface area contributed by atoms with E-state index in [1.54, 1.807) is 12.1 Å². The fourth-order valence-electron chi connectivity index (χ4n) is 2.00. The van der Waals surface area contributed by atoms with Crippen LogP contribution >= 0.6 is 0 Å². The van der Waals surface area contributed by atoms with Crippen molar-refractivity contribution < 1.29 is 14.4 Å². The highest BCUT2D eigenvalue weighted by molar-refractivity contribution is 5.70. The molecule has 2 rings (SSSR count). The average molecular weight is 267 g/mol. The zero-order chi connectivity index (χ0) is 13.7. The highest BCUT2D eigenvalue weighted by atomic mass is 16.6. The van der Waals surface area contributed by atoms with E-state index in [2.05, 4.69) is 10.6 Å². The molecular formula is C12H17N3O4. The Morgan fingerprint density at radius 3 is 3.11 bits per heavy atom. The van der Waals surface area contributed by atoms with Crippen LogP contribution < -0.4 is 15.4 Å². The maximum atomic E-state index is 11.0. The van der Waals surface area contributed by atoms with Crippen LogP contribution in [0.3, 0.4) is 0 Å². The van der Waals surface area contributed by atoms with Crippen LogP contribution in [-0.2, 0) is 4.74 Å². The smallest absolute Gasteiger partial charge is 0.296 e. The van der Waals surface area contributed by atoms with E-state index >= 15 is 0 Å². The maximum absolute atomic E-state index is 11.0. The minimum absolute atomic E-state index is 0.0103. The number of para-hydroxylation sites is 1. The van der Waals surface area contributed by atoms with Crippen LogP contribution in [0, 0.1) is 10.1 Å². The first kappa shape index (κ1) is 13.6. The summed E-state index contributed by atoms with van der Waals surface area (Å²) in [6.07, 6.45) is 0. The molecule has 0 spiro atoms. The van der Waals surface area contributed by atoms with E-state index in [-0.39, 0.29) is 11.7 Å². The highest BCUT2D eigenvalue weighted by Gasteiger charge is 2.20. The molecule has 7 nitrogen and oxygen atoms in total. The second-order valence-electron chi connectivity index (χ2n) is 4.22. The molecule has 1 atom stereocenters. The highest BCUT2D eigenvalue weighted by Crippen LogP contribution is 2.33. The Balaban J connectivity index is 2.10. The third kappa shape index (κ3) is 3.33. The number of anilines is 1. The summed E-state index contributed by atoms with van der Waals surface area (Å²) in [6.45, 7) is 2.63. The van der Waals surface area contributed by atoms with Crippen molar-refractivity contribution in [2.45, 2.75) is 6.04 Å². The number of benzene rings is 1. The van der Waals surface area contributed by atoms with Gasteiger partial charge in [0.25, 0.3) is 5.69 Å². The van der Waals surface area contributed by atoms with Gasteiger partial charge in [-0.3, -0.25) is 10.1 Å². The second kappa shape index (κ2) is 6.35. The van der Waals surface area contributed by atoms with Crippen LogP contribution in [0.5, 0.6) is 5.75 Å². The molecule has 1 aliphatic rings. The molecule has 0 amide bonds. The summed E-state index contributed by atoms with van der Waals surface area (Å²) in [7, 11) is 1.49. The molecule has 0 aliphatic carbocycles. The minimum Gasteiger partial charge on any atom is -0.494 e. The summed E-state index contributed by atoms with van der Waals surface area (Å²) >= 11 is 0. The van der Waals surface area contributed by atoms with E-state index in [0.717, 1.165) is 6.54 Å². The molecule has 1 unspecified atom stereocenters. The molecule has 1 saturated heterocycles. The van der Waals surface area contributed by atoms with E-state index in [4.69, 9.17) is 9.47 Å². The summed E-state index contributed by atoms with van der Waals surface area (Å²) < 4.78 is 10.5. The molecule has 0 saturated carbocycles. The summed E-state index contributed by atoms with van der Waals surface area (Å²) in [6, 6.07) is 4.89. The molecule has 104 valence electrons. The number of nitro benzene ring substituents is 1. The van der Waals surface area contributed by atoms with Crippen LogP contribution in [0.25, 0.3) is 0 Å². The lowest BCUT2D eigenvalue weighted by atomic mass is 10.2. The van der Waals surface area contributed by atoms with Crippen molar-refractivity contribution in [3.8, 4) is 5.75 Å². The van der Waals surface area contributed by atoms with Gasteiger partial charge in [-0.25, -0.2) is 0 Å². The molecule has 1 aliphatic heterocycles. The zero-order valence-electron chi connectivity index (χ0n) is 10.7. The van der Waals surface area contributed by atoms with Crippen LogP contribution in [0.2, 0.25) is 0 Å². The molecule has 1 fully saturated rings. The summed E-state index contributed by atoms with van der Waals surface area (Å²) in [5.41, 5.74) is 0.415. The quantitative estimate of drug-likeness (QED) is 0.611. The van der Waals surface area contributed by atoms with Crippen molar-refractivity contribution in [3.63, 3.8) is 0 Å². The molecule has 1 aromatic carbocycles. The fraction of sp³-hybridized carbons (Fsp3) is 0.500. The number of methoxy groups -OCH3 is 1. The molecule has 7 heteroatoms. The monoisotopic (exact) mass is 267 g/mol. The van der Waals surface area contributed by atoms with Crippen molar-refractivity contribution in [2.75, 3.05) is 38.7 Å². The molecule has 0 bridgehead atoms. The third-order valence-corrected chi connectivity index (χ3v) is 2.94. The molecular weight excluding hydrogens is 250 g/mol. The summed E-state index contributed by atoms with van der Waals surface area (Å²) in [5.74, 6) is 0.464. The van der Waals surface area contributed by atoms with Gasteiger partial charge in [-0.05, 0) is 6.07 Å². The van der Waals surface area contributed by atoms with Crippen LogP contribution in [-0.4, -0.2) is 44.4 Å². The van der Waals surface area contributed by atoms with Gasteiger partial charge in [-0.1, -0.05) is 6.07 Å². The number of nitro groups is 1. The van der Waals surface area contributed by atoms with Gasteiger partial charge in [0, 0.05) is 25.2 Å². The van der Waals surface area contributed by atoms with Gasteiger partial charge in [-0.15, -0.1) is 0 Å². The number of nitrogens with zero attached hydrogens (tertiary/aromatic N) is 1. The van der Waals surface area contributed by atoms with Crippen molar-refractivity contribution in [1.29, 1.82) is 0 Å². The predicted octanol–water partition coefficient (Wildman–Crippen LogP) is 1.00. The number of hydrogen-bond donors (Lipinski definition) is 2. The largest absolute Gasteiger partial charge is 0.494 e. The van der Waals surface area contributed by atoms with Crippen molar-refractivity contribution in [1.82, 2.24) is 5.32 Å². The van der Waals surface area contributed by atoms with E-state index in [1.807, 2.05) is 0 Å². The molecule has 2 N–H and O–H groups in total. The molecule has 1 aromatic rings. The van der Waals surface area contributed by atoms with E-state index in [0.29, 0.717) is 31.2 Å². The van der Waals surface area contributed by atoms with Crippen LogP contribution in [0.1, 0.15) is 0 Å². The van der Waals surface area contributed by atoms with Gasteiger partial charge in [0.05, 0.1) is 25.2 Å². The first-order valence-corrected chi connectivity index (χ1v) is 6.08. The third-order valence-electron chi connectivity index (χ3n) is 2.94. The minimum atomic E-state index is -0.421. The Hall–Kier alpha value is -1.86. The molecule has 19 heavy (non-hydrogen) atoms. The van der Waals surface area contributed by atoms with Gasteiger partial charge in [0.2, 0.25) is 0 Å². The topological polar surface area (TPSA) is 85.7 Å². The normalized spacial score (nSPS) is 18.9. The van der Waals surface area contributed by atoms with E-state index in [9.17, 15) is 10.1 Å². The average Bonchev–Trinajstić information content (AvgIpc) is 2.45. The second-order valence-corrected chi connectivity index (χ2v) is 4.22. The van der Waals surface area contributed by atoms with Crippen LogP contribution in [0.15, 0.2) is 18.2 Å². The number of ether oxygens (including phenoxy) is 2. The van der Waals surface area contributed by atoms with Crippen molar-refractivity contribution >= 4 is 11.4 Å². The number of morpholine rings is 1. The van der Waals surface area contributed by atoms with Crippen molar-refractivity contribution in [2.24, 2.45) is 0 Å². The summed E-state index contributed by atoms with van der Waals surface area (Å²) in [4.78, 5) is 10.6. The molecule has 0 aromatic heterocycles. The SMILES string of the molecule is COc1cccc([N+](=O)[O-])c1NCC1COCCN1. The van der Waals surface area contributed by atoms with Gasteiger partial charge in [0.15, 0.2) is 5.69 Å². The van der Waals surface area contributed by atoms with Crippen molar-refractivity contribution in [3.05, 3.63) is 28.3 Å². The Labute approximate surface area is 111 Å². The first-order chi connectivity index (χ1) is 9.22. The van der Waals surface area contributed by atoms with Gasteiger partial charge < -0.3 is 20.1 Å². The van der Waals surface area contributed by atoms with E-state index in [1.165, 1.54) is 13.2 Å². The van der Waals surface area contributed by atoms with Gasteiger partial charge in [-0.2, -0.15) is 0 Å². The Morgan fingerprint density at radius 1 is 1.63 bits per heavy atom. The molecule has 0 radical (unpaired) electrons. The predicted molar refractivity (Wildman–Crippen MR) is 70.7 cm³/mol. The fourth-order valence-corrected chi connectivity index (χ4v) is 2.00. The summed E-state index contributed by atoms with van der Waals surface area (Å²) in [5, 5.41) is 17.4. The lowest BCUT2D eigenvalue weighted by Gasteiger charge is -2.24. The van der Waals surface area contributed by atoms with Gasteiger partial charge in [0.1, 0.15) is 5.75 Å². The number of nitrogens with one attached hydrogen (secondary N) is 2. The van der Waals surface area contributed by atoms with Gasteiger partial charge >= 0.3 is 0 Å². The molecule has 1 heterocycles. The Bertz CT molecular complexity index is 447. The number of hydrogen-bond acceptors (Lipinski definition) is 6. The number of rotatable bonds is 5. The first-order valence-electron chi connectivity index (χ1n) is 6.08. The van der Waals surface area contributed by atoms with E-state index < -0.39 is 4.92 Å². The lowest BCUT2D eigenvalue weighted by molar-refractivity contribution is -0.384. The Kier molecular flexibility index (Phi) is 4.53. The lowest BCUT2D eigenvalue weighted by Crippen LogP contribution is -2.45. The standard InChI is InChI=1S/C12H17N3O4/c1-18-11-4-2-3-10(15(16)17)12(11)14-7-9-8-19-6-5-13-9/h2-4,9,13-14H,5-8H2,1H3.